The summed E-state index contributed by atoms with van der Waals surface area (Å²) in [6.07, 6.45) is 0.997. The van der Waals surface area contributed by atoms with Crippen LogP contribution >= 0.6 is 43.5 Å². The van der Waals surface area contributed by atoms with Crippen LogP contribution in [0.15, 0.2) is 81.7 Å². The molecule has 0 aliphatic heterocycles. The Labute approximate surface area is 225 Å². The highest BCUT2D eigenvalue weighted by Crippen LogP contribution is 2.41. The second kappa shape index (κ2) is 10.0. The van der Waals surface area contributed by atoms with Gasteiger partial charge in [0.25, 0.3) is 0 Å². The molecule has 0 aliphatic rings. The van der Waals surface area contributed by atoms with Crippen molar-refractivity contribution < 1.29 is 0 Å². The number of hydrogen-bond acceptors (Lipinski definition) is 0. The molecule has 34 heavy (non-hydrogen) atoms. The summed E-state index contributed by atoms with van der Waals surface area (Å²) in [6.45, 7) is 11.1. The van der Waals surface area contributed by atoms with Gasteiger partial charge in [-0.2, -0.15) is 0 Å². The van der Waals surface area contributed by atoms with Crippen LogP contribution < -0.4 is 0 Å². The highest BCUT2D eigenvalue weighted by molar-refractivity contribution is 9.11. The maximum Gasteiger partial charge on any atom is 0.0484 e. The van der Waals surface area contributed by atoms with Gasteiger partial charge in [-0.1, -0.05) is 74.8 Å². The van der Waals surface area contributed by atoms with Gasteiger partial charge in [0.2, 0.25) is 0 Å². The molecule has 4 rings (SSSR count). The summed E-state index contributed by atoms with van der Waals surface area (Å²) >= 11 is 14.4. The lowest BCUT2D eigenvalue weighted by Crippen LogP contribution is -2.09. The number of benzene rings is 4. The normalized spacial score (nSPS) is 11.6. The van der Waals surface area contributed by atoms with Crippen molar-refractivity contribution in [2.45, 2.75) is 41.0 Å². The van der Waals surface area contributed by atoms with E-state index in [1.54, 1.807) is 0 Å². The Morgan fingerprint density at radius 1 is 0.647 bits per heavy atom. The van der Waals surface area contributed by atoms with E-state index in [1.165, 1.54) is 27.8 Å². The molecule has 0 aliphatic carbocycles. The van der Waals surface area contributed by atoms with E-state index in [4.69, 9.17) is 11.6 Å². The highest BCUT2D eigenvalue weighted by atomic mass is 79.9. The van der Waals surface area contributed by atoms with E-state index >= 15 is 0 Å². The number of halogens is 3. The quantitative estimate of drug-likeness (QED) is 0.220. The third-order valence-corrected chi connectivity index (χ3v) is 8.45. The van der Waals surface area contributed by atoms with Crippen LogP contribution in [0.2, 0.25) is 5.02 Å². The van der Waals surface area contributed by atoms with Gasteiger partial charge in [0.1, 0.15) is 0 Å². The van der Waals surface area contributed by atoms with E-state index in [0.29, 0.717) is 0 Å². The zero-order valence-corrected chi connectivity index (χ0v) is 24.2. The summed E-state index contributed by atoms with van der Waals surface area (Å²) in [5.41, 5.74) is 10.8. The molecule has 0 atom stereocenters. The smallest absolute Gasteiger partial charge is 0.0484 e. The monoisotopic (exact) mass is 594 g/mol. The third kappa shape index (κ3) is 5.51. The van der Waals surface area contributed by atoms with Gasteiger partial charge in [-0.05, 0) is 132 Å². The summed E-state index contributed by atoms with van der Waals surface area (Å²) in [4.78, 5) is 0. The first-order valence-corrected chi connectivity index (χ1v) is 13.4. The molecule has 0 saturated heterocycles. The van der Waals surface area contributed by atoms with Crippen LogP contribution in [0.25, 0.3) is 33.4 Å². The average Bonchev–Trinajstić information content (AvgIpc) is 2.77. The maximum absolute atomic E-state index is 6.79. The highest BCUT2D eigenvalue weighted by Gasteiger charge is 2.16. The first-order valence-electron chi connectivity index (χ1n) is 11.5. The summed E-state index contributed by atoms with van der Waals surface area (Å²) in [6, 6.07) is 26.1. The maximum atomic E-state index is 6.79. The van der Waals surface area contributed by atoms with E-state index in [9.17, 15) is 0 Å². The second-order valence-corrected chi connectivity index (χ2v) is 12.2. The van der Waals surface area contributed by atoms with E-state index in [1.807, 2.05) is 6.07 Å². The molecule has 0 N–H and O–H groups in total. The molecule has 0 nitrogen and oxygen atoms in total. The second-order valence-electron chi connectivity index (χ2n) is 10.2. The SMILES string of the molecule is Cc1cccc(-c2cc(-c3cc(CC(C)(C)C)ccc3Cl)cc(-c3cccc(C)c3Br)c2)c1Br. The van der Waals surface area contributed by atoms with Crippen LogP contribution in [-0.4, -0.2) is 0 Å². The fourth-order valence-corrected chi connectivity index (χ4v) is 5.56. The largest absolute Gasteiger partial charge is 0.0837 e. The third-order valence-electron chi connectivity index (χ3n) is 6.01. The van der Waals surface area contributed by atoms with Gasteiger partial charge in [-0.15, -0.1) is 0 Å². The predicted molar refractivity (Wildman–Crippen MR) is 156 cm³/mol. The van der Waals surface area contributed by atoms with Gasteiger partial charge in [0, 0.05) is 19.5 Å². The van der Waals surface area contributed by atoms with Gasteiger partial charge in [-0.3, -0.25) is 0 Å². The Balaban J connectivity index is 1.98. The molecule has 0 aromatic heterocycles. The van der Waals surface area contributed by atoms with Crippen LogP contribution in [0.4, 0.5) is 0 Å². The molecule has 0 bridgehead atoms. The molecule has 0 fully saturated rings. The van der Waals surface area contributed by atoms with Crippen molar-refractivity contribution in [3.8, 4) is 33.4 Å². The Morgan fingerprint density at radius 3 is 1.59 bits per heavy atom. The topological polar surface area (TPSA) is 0 Å². The lowest BCUT2D eigenvalue weighted by molar-refractivity contribution is 0.411. The molecule has 0 saturated carbocycles. The summed E-state index contributed by atoms with van der Waals surface area (Å²) in [5, 5.41) is 0.771. The van der Waals surface area contributed by atoms with E-state index in [2.05, 4.69) is 133 Å². The molecule has 4 aromatic rings. The number of hydrogen-bond donors (Lipinski definition) is 0. The minimum atomic E-state index is 0.205. The van der Waals surface area contributed by atoms with Gasteiger partial charge in [-0.25, -0.2) is 0 Å². The Morgan fingerprint density at radius 2 is 1.12 bits per heavy atom. The zero-order chi connectivity index (χ0) is 24.6. The van der Waals surface area contributed by atoms with Crippen molar-refractivity contribution in [3.05, 3.63) is 103 Å². The van der Waals surface area contributed by atoms with Crippen molar-refractivity contribution in [1.82, 2.24) is 0 Å². The van der Waals surface area contributed by atoms with Crippen molar-refractivity contribution in [2.24, 2.45) is 5.41 Å². The van der Waals surface area contributed by atoms with Crippen molar-refractivity contribution >= 4 is 43.5 Å². The van der Waals surface area contributed by atoms with Crippen LogP contribution in [0, 0.1) is 19.3 Å². The Hall–Kier alpha value is -1.87. The lowest BCUT2D eigenvalue weighted by Gasteiger charge is -2.20. The lowest BCUT2D eigenvalue weighted by atomic mass is 9.86. The minimum absolute atomic E-state index is 0.205. The molecule has 0 heterocycles. The van der Waals surface area contributed by atoms with E-state index in [-0.39, 0.29) is 5.41 Å². The van der Waals surface area contributed by atoms with Gasteiger partial charge in [0.15, 0.2) is 0 Å². The fraction of sp³-hybridized carbons (Fsp3) is 0.226. The molecule has 0 spiro atoms. The molecule has 0 unspecified atom stereocenters. The van der Waals surface area contributed by atoms with Gasteiger partial charge in [0.05, 0.1) is 0 Å². The van der Waals surface area contributed by atoms with Gasteiger partial charge < -0.3 is 0 Å². The predicted octanol–water partition coefficient (Wildman–Crippen LogP) is 11.1. The molecule has 0 radical (unpaired) electrons. The van der Waals surface area contributed by atoms with Crippen LogP contribution in [0.3, 0.4) is 0 Å². The average molecular weight is 597 g/mol. The van der Waals surface area contributed by atoms with E-state index in [0.717, 1.165) is 42.6 Å². The first-order chi connectivity index (χ1) is 16.0. The molecule has 0 amide bonds. The molecule has 3 heteroatoms. The van der Waals surface area contributed by atoms with Crippen molar-refractivity contribution in [2.75, 3.05) is 0 Å². The van der Waals surface area contributed by atoms with Crippen LogP contribution in [-0.2, 0) is 6.42 Å². The first kappa shape index (κ1) is 25.2. The summed E-state index contributed by atoms with van der Waals surface area (Å²) in [5.74, 6) is 0. The van der Waals surface area contributed by atoms with Crippen molar-refractivity contribution in [1.29, 1.82) is 0 Å². The van der Waals surface area contributed by atoms with Crippen LogP contribution in [0.5, 0.6) is 0 Å². The van der Waals surface area contributed by atoms with Crippen molar-refractivity contribution in [3.63, 3.8) is 0 Å². The number of aryl methyl sites for hydroxylation is 2. The molecule has 174 valence electrons. The molecule has 4 aromatic carbocycles. The standard InChI is InChI=1S/C31H29Br2Cl/c1-19-8-6-10-25(29(19)32)22-15-23(26-11-7-9-20(2)30(26)33)17-24(16-22)27-14-21(12-13-28(27)34)18-31(3,4)5/h6-17H,18H2,1-5H3. The number of rotatable bonds is 4. The molecular weight excluding hydrogens is 568 g/mol. The Kier molecular flexibility index (Phi) is 7.43. The molecular formula is C31H29Br2Cl. The zero-order valence-electron chi connectivity index (χ0n) is 20.3. The minimum Gasteiger partial charge on any atom is -0.0837 e. The Bertz CT molecular complexity index is 1290. The van der Waals surface area contributed by atoms with E-state index < -0.39 is 0 Å². The van der Waals surface area contributed by atoms with Gasteiger partial charge >= 0.3 is 0 Å². The summed E-state index contributed by atoms with van der Waals surface area (Å²) in [7, 11) is 0. The van der Waals surface area contributed by atoms with Crippen LogP contribution in [0.1, 0.15) is 37.5 Å². The fourth-order valence-electron chi connectivity index (χ4n) is 4.35. The summed E-state index contributed by atoms with van der Waals surface area (Å²) < 4.78 is 2.24.